The molecule has 2 aliphatic rings. The van der Waals surface area contributed by atoms with E-state index < -0.39 is 0 Å². The molecule has 1 fully saturated rings. The van der Waals surface area contributed by atoms with Gasteiger partial charge in [-0.3, -0.25) is 4.79 Å². The van der Waals surface area contributed by atoms with E-state index in [4.69, 9.17) is 4.74 Å². The van der Waals surface area contributed by atoms with Crippen molar-refractivity contribution in [2.75, 3.05) is 0 Å². The van der Waals surface area contributed by atoms with E-state index in [0.717, 1.165) is 6.42 Å². The van der Waals surface area contributed by atoms with Crippen LogP contribution in [0.25, 0.3) is 0 Å². The van der Waals surface area contributed by atoms with Gasteiger partial charge >= 0.3 is 5.97 Å². The topological polar surface area (TPSA) is 26.3 Å². The Kier molecular flexibility index (Phi) is 1.10. The summed E-state index contributed by atoms with van der Waals surface area (Å²) in [5, 5.41) is 0. The lowest BCUT2D eigenvalue weighted by Crippen LogP contribution is -2.12. The van der Waals surface area contributed by atoms with Crippen molar-refractivity contribution in [1.82, 2.24) is 0 Å². The van der Waals surface area contributed by atoms with E-state index in [9.17, 15) is 4.79 Å². The molecule has 0 spiro atoms. The number of fused-ring (bicyclic) bond motifs is 1. The first-order chi connectivity index (χ1) is 4.79. The highest BCUT2D eigenvalue weighted by Crippen LogP contribution is 2.35. The zero-order valence-electron chi connectivity index (χ0n) is 5.91. The number of rotatable bonds is 0. The number of hydrogen-bond donors (Lipinski definition) is 0. The molecule has 54 valence electrons. The fraction of sp³-hybridized carbons (Fsp3) is 0.625. The van der Waals surface area contributed by atoms with Crippen molar-refractivity contribution in [2.45, 2.75) is 19.4 Å². The number of carbonyl (C=O) groups is 1. The van der Waals surface area contributed by atoms with Crippen molar-refractivity contribution in [3.8, 4) is 0 Å². The summed E-state index contributed by atoms with van der Waals surface area (Å²) in [7, 11) is 0. The van der Waals surface area contributed by atoms with Gasteiger partial charge < -0.3 is 4.74 Å². The van der Waals surface area contributed by atoms with Gasteiger partial charge in [-0.25, -0.2) is 0 Å². The summed E-state index contributed by atoms with van der Waals surface area (Å²) in [6.07, 6.45) is 5.20. The van der Waals surface area contributed by atoms with Crippen molar-refractivity contribution in [3.05, 3.63) is 12.2 Å². The number of hydrogen-bond acceptors (Lipinski definition) is 2. The monoisotopic (exact) mass is 138 g/mol. The predicted molar refractivity (Wildman–Crippen MR) is 36.3 cm³/mol. The average molecular weight is 138 g/mol. The largest absolute Gasteiger partial charge is 0.458 e. The lowest BCUT2D eigenvalue weighted by Gasteiger charge is -2.06. The smallest absolute Gasteiger partial charge is 0.309 e. The number of carbonyl (C=O) groups excluding carboxylic acids is 1. The summed E-state index contributed by atoms with van der Waals surface area (Å²) in [5.74, 6) is 0.520. The third-order valence-electron chi connectivity index (χ3n) is 2.42. The predicted octanol–water partition coefficient (Wildman–Crippen LogP) is 1.12. The van der Waals surface area contributed by atoms with Crippen LogP contribution in [-0.2, 0) is 9.53 Å². The molecule has 0 N–H and O–H groups in total. The Bertz CT molecular complexity index is 195. The van der Waals surface area contributed by atoms with Crippen molar-refractivity contribution in [3.63, 3.8) is 0 Å². The molecular weight excluding hydrogens is 128 g/mol. The highest BCUT2D eigenvalue weighted by atomic mass is 16.6. The van der Waals surface area contributed by atoms with Crippen molar-refractivity contribution in [1.29, 1.82) is 0 Å². The Morgan fingerprint density at radius 3 is 3.20 bits per heavy atom. The van der Waals surface area contributed by atoms with Crippen LogP contribution in [0, 0.1) is 11.8 Å². The van der Waals surface area contributed by atoms with Gasteiger partial charge in [0.2, 0.25) is 0 Å². The molecule has 0 aromatic carbocycles. The van der Waals surface area contributed by atoms with Gasteiger partial charge in [-0.1, -0.05) is 13.0 Å². The van der Waals surface area contributed by atoms with Crippen LogP contribution in [0.5, 0.6) is 0 Å². The normalized spacial score (nSPS) is 43.7. The van der Waals surface area contributed by atoms with Gasteiger partial charge in [0, 0.05) is 5.92 Å². The maximum atomic E-state index is 10.9. The average Bonchev–Trinajstić information content (AvgIpc) is 2.41. The minimum atomic E-state index is -0.0284. The lowest BCUT2D eigenvalue weighted by molar-refractivity contribution is -0.142. The van der Waals surface area contributed by atoms with Crippen LogP contribution in [0.3, 0.4) is 0 Å². The van der Waals surface area contributed by atoms with Crippen LogP contribution < -0.4 is 0 Å². The van der Waals surface area contributed by atoms with E-state index in [1.165, 1.54) is 0 Å². The van der Waals surface area contributed by atoms with Gasteiger partial charge in [0.1, 0.15) is 6.10 Å². The molecule has 2 heteroatoms. The summed E-state index contributed by atoms with van der Waals surface area (Å²) in [4.78, 5) is 10.9. The number of ether oxygens (including phenoxy) is 1. The summed E-state index contributed by atoms with van der Waals surface area (Å²) in [6, 6.07) is 0. The first kappa shape index (κ1) is 5.96. The molecule has 1 aliphatic heterocycles. The molecule has 0 saturated carbocycles. The molecule has 1 heterocycles. The van der Waals surface area contributed by atoms with Gasteiger partial charge in [0.25, 0.3) is 0 Å². The summed E-state index contributed by atoms with van der Waals surface area (Å²) < 4.78 is 5.07. The molecule has 2 nitrogen and oxygen atoms in total. The van der Waals surface area contributed by atoms with Crippen molar-refractivity contribution < 1.29 is 9.53 Å². The standard InChI is InChI=1S/C8H10O2/c1-5-6-3-2-4-7(6)10-8(5)9/h2,4-7H,3H2,1H3/t5-,6-,7-/m0/s1. The molecule has 0 radical (unpaired) electrons. The first-order valence-electron chi connectivity index (χ1n) is 3.66. The van der Waals surface area contributed by atoms with E-state index >= 15 is 0 Å². The minimum absolute atomic E-state index is 0.0284. The van der Waals surface area contributed by atoms with E-state index in [-0.39, 0.29) is 18.0 Å². The molecule has 1 aliphatic carbocycles. The Morgan fingerprint density at radius 2 is 2.50 bits per heavy atom. The van der Waals surface area contributed by atoms with Gasteiger partial charge in [-0.15, -0.1) is 0 Å². The molecule has 1 saturated heterocycles. The molecule has 0 bridgehead atoms. The molecule has 0 aromatic heterocycles. The van der Waals surface area contributed by atoms with Gasteiger partial charge in [-0.05, 0) is 12.5 Å². The minimum Gasteiger partial charge on any atom is -0.458 e. The number of esters is 1. The second kappa shape index (κ2) is 1.84. The molecule has 0 aromatic rings. The highest BCUT2D eigenvalue weighted by Gasteiger charge is 2.41. The van der Waals surface area contributed by atoms with Gasteiger partial charge in [0.05, 0.1) is 5.92 Å². The fourth-order valence-electron chi connectivity index (χ4n) is 1.68. The zero-order chi connectivity index (χ0) is 7.14. The van der Waals surface area contributed by atoms with Crippen molar-refractivity contribution in [2.24, 2.45) is 11.8 Å². The van der Waals surface area contributed by atoms with Gasteiger partial charge in [-0.2, -0.15) is 0 Å². The zero-order valence-corrected chi connectivity index (χ0v) is 5.91. The summed E-state index contributed by atoms with van der Waals surface area (Å²) in [5.41, 5.74) is 0. The molecule has 2 rings (SSSR count). The van der Waals surface area contributed by atoms with Crippen LogP contribution in [0.15, 0.2) is 12.2 Å². The maximum Gasteiger partial charge on any atom is 0.309 e. The van der Waals surface area contributed by atoms with Crippen LogP contribution >= 0.6 is 0 Å². The Morgan fingerprint density at radius 1 is 1.70 bits per heavy atom. The van der Waals surface area contributed by atoms with E-state index in [0.29, 0.717) is 5.92 Å². The quantitative estimate of drug-likeness (QED) is 0.370. The Balaban J connectivity index is 2.22. The second-order valence-corrected chi connectivity index (χ2v) is 3.02. The number of allylic oxidation sites excluding steroid dienone is 1. The third-order valence-corrected chi connectivity index (χ3v) is 2.42. The summed E-state index contributed by atoms with van der Waals surface area (Å²) in [6.45, 7) is 1.94. The first-order valence-corrected chi connectivity index (χ1v) is 3.66. The molecule has 0 unspecified atom stereocenters. The van der Waals surface area contributed by atoms with Gasteiger partial charge in [0.15, 0.2) is 0 Å². The van der Waals surface area contributed by atoms with Crippen LogP contribution in [-0.4, -0.2) is 12.1 Å². The lowest BCUT2D eigenvalue weighted by atomic mass is 9.93. The third kappa shape index (κ3) is 0.618. The SMILES string of the molecule is C[C@@H]1C(=O)O[C@H]2C=CC[C@H]21. The molecule has 10 heavy (non-hydrogen) atoms. The molecular formula is C8H10O2. The summed E-state index contributed by atoms with van der Waals surface area (Å²) >= 11 is 0. The van der Waals surface area contributed by atoms with Crippen molar-refractivity contribution >= 4 is 5.97 Å². The van der Waals surface area contributed by atoms with Crippen LogP contribution in [0.1, 0.15) is 13.3 Å². The van der Waals surface area contributed by atoms with E-state index in [1.807, 2.05) is 13.0 Å². The van der Waals surface area contributed by atoms with E-state index in [1.54, 1.807) is 0 Å². The highest BCUT2D eigenvalue weighted by molar-refractivity contribution is 5.75. The molecule has 0 amide bonds. The molecule has 3 atom stereocenters. The Hall–Kier alpha value is -0.790. The van der Waals surface area contributed by atoms with Crippen LogP contribution in [0.4, 0.5) is 0 Å². The maximum absolute atomic E-state index is 10.9. The van der Waals surface area contributed by atoms with Crippen LogP contribution in [0.2, 0.25) is 0 Å². The van der Waals surface area contributed by atoms with E-state index in [2.05, 4.69) is 6.08 Å². The fourth-order valence-corrected chi connectivity index (χ4v) is 1.68. The second-order valence-electron chi connectivity index (χ2n) is 3.02. The Labute approximate surface area is 59.9 Å².